The maximum atomic E-state index is 11.9. The van der Waals surface area contributed by atoms with E-state index < -0.39 is 29.9 Å². The lowest BCUT2D eigenvalue weighted by atomic mass is 10.0. The van der Waals surface area contributed by atoms with Crippen LogP contribution < -0.4 is 5.32 Å². The molecule has 0 aliphatic carbocycles. The Bertz CT molecular complexity index is 391. The zero-order chi connectivity index (χ0) is 16.0. The zero-order valence-corrected chi connectivity index (χ0v) is 12.8. The van der Waals surface area contributed by atoms with Crippen LogP contribution in [0.25, 0.3) is 0 Å². The summed E-state index contributed by atoms with van der Waals surface area (Å²) in [5.74, 6) is 0. The van der Waals surface area contributed by atoms with Gasteiger partial charge in [-0.05, 0) is 27.2 Å². The lowest BCUT2D eigenvalue weighted by Gasteiger charge is -2.36. The third-order valence-electron chi connectivity index (χ3n) is 2.87. The van der Waals surface area contributed by atoms with Gasteiger partial charge in [0, 0.05) is 6.54 Å². The van der Waals surface area contributed by atoms with Crippen molar-refractivity contribution in [3.8, 4) is 0 Å². The molecular weight excluding hydrogens is 276 g/mol. The van der Waals surface area contributed by atoms with Crippen LogP contribution in [0.2, 0.25) is 0 Å². The van der Waals surface area contributed by atoms with Crippen LogP contribution in [0.15, 0.2) is 12.7 Å². The Morgan fingerprint density at radius 2 is 2.14 bits per heavy atom. The van der Waals surface area contributed by atoms with Gasteiger partial charge in [-0.3, -0.25) is 0 Å². The lowest BCUT2D eigenvalue weighted by molar-refractivity contribution is -0.00447. The number of hydrogen-bond acceptors (Lipinski definition) is 5. The molecule has 21 heavy (non-hydrogen) atoms. The van der Waals surface area contributed by atoms with Gasteiger partial charge in [-0.15, -0.1) is 0 Å². The van der Waals surface area contributed by atoms with Crippen LogP contribution in [0.1, 0.15) is 27.2 Å². The molecule has 1 saturated heterocycles. The number of piperidine rings is 1. The molecule has 2 amide bonds. The van der Waals surface area contributed by atoms with Crippen LogP contribution in [-0.4, -0.2) is 59.6 Å². The summed E-state index contributed by atoms with van der Waals surface area (Å²) in [5, 5.41) is 12.6. The Kier molecular flexibility index (Phi) is 6.02. The molecule has 0 aromatic heterocycles. The summed E-state index contributed by atoms with van der Waals surface area (Å²) in [7, 11) is 0. The summed E-state index contributed by atoms with van der Waals surface area (Å²) in [6.45, 7) is 9.41. The van der Waals surface area contributed by atoms with Crippen molar-refractivity contribution >= 4 is 12.2 Å². The summed E-state index contributed by atoms with van der Waals surface area (Å²) in [5.41, 5.74) is -0.578. The summed E-state index contributed by atoms with van der Waals surface area (Å²) in [4.78, 5) is 24.8. The second kappa shape index (κ2) is 7.31. The maximum Gasteiger partial charge on any atom is 0.410 e. The Morgan fingerprint density at radius 3 is 2.67 bits per heavy atom. The third kappa shape index (κ3) is 6.03. The predicted octanol–water partition coefficient (Wildman–Crippen LogP) is 1.27. The standard InChI is InChI=1S/C14H24N2O5/c1-5-8-20-12(18)15-10-6-7-16(9-11(10)17)13(19)21-14(2,3)4/h5,10-11,17H,1,6-9H2,2-4H3,(H,15,18)/t10-,11-/m1/s1. The van der Waals surface area contributed by atoms with Gasteiger partial charge in [-0.2, -0.15) is 0 Å². The summed E-state index contributed by atoms with van der Waals surface area (Å²) < 4.78 is 10.0. The molecule has 0 radical (unpaired) electrons. The smallest absolute Gasteiger partial charge is 0.410 e. The summed E-state index contributed by atoms with van der Waals surface area (Å²) in [6.07, 6.45) is -0.0356. The number of nitrogens with zero attached hydrogens (tertiary/aromatic N) is 1. The molecule has 0 aromatic carbocycles. The van der Waals surface area contributed by atoms with Crippen LogP contribution in [-0.2, 0) is 9.47 Å². The van der Waals surface area contributed by atoms with E-state index in [1.165, 1.54) is 11.0 Å². The fourth-order valence-electron chi connectivity index (χ4n) is 1.92. The number of alkyl carbamates (subject to hydrolysis) is 1. The first-order valence-electron chi connectivity index (χ1n) is 6.93. The van der Waals surface area contributed by atoms with Gasteiger partial charge >= 0.3 is 12.2 Å². The van der Waals surface area contributed by atoms with E-state index in [4.69, 9.17) is 9.47 Å². The fraction of sp³-hybridized carbons (Fsp3) is 0.714. The van der Waals surface area contributed by atoms with Crippen molar-refractivity contribution in [3.05, 3.63) is 12.7 Å². The molecule has 1 rings (SSSR count). The van der Waals surface area contributed by atoms with Crippen molar-refractivity contribution in [2.45, 2.75) is 44.9 Å². The van der Waals surface area contributed by atoms with Gasteiger partial charge in [0.15, 0.2) is 0 Å². The molecule has 1 aliphatic rings. The fourth-order valence-corrected chi connectivity index (χ4v) is 1.92. The molecule has 0 aromatic rings. The van der Waals surface area contributed by atoms with Crippen LogP contribution in [0.5, 0.6) is 0 Å². The van der Waals surface area contributed by atoms with E-state index >= 15 is 0 Å². The average Bonchev–Trinajstić information content (AvgIpc) is 2.36. The Labute approximate surface area is 124 Å². The zero-order valence-electron chi connectivity index (χ0n) is 12.8. The first kappa shape index (κ1) is 17.3. The average molecular weight is 300 g/mol. The van der Waals surface area contributed by atoms with Gasteiger partial charge in [-0.1, -0.05) is 12.7 Å². The van der Waals surface area contributed by atoms with Gasteiger partial charge < -0.3 is 24.8 Å². The van der Waals surface area contributed by atoms with E-state index in [1.54, 1.807) is 20.8 Å². The molecule has 0 unspecified atom stereocenters. The van der Waals surface area contributed by atoms with Crippen LogP contribution >= 0.6 is 0 Å². The number of nitrogens with one attached hydrogen (secondary N) is 1. The topological polar surface area (TPSA) is 88.1 Å². The number of β-amino-alcohol motifs (C(OH)–C–C–N with tert-alkyl or cyclic N) is 1. The molecule has 120 valence electrons. The van der Waals surface area contributed by atoms with Crippen molar-refractivity contribution in [1.29, 1.82) is 0 Å². The minimum absolute atomic E-state index is 0.110. The summed E-state index contributed by atoms with van der Waals surface area (Å²) >= 11 is 0. The molecule has 1 aliphatic heterocycles. The van der Waals surface area contributed by atoms with Crippen molar-refractivity contribution in [1.82, 2.24) is 10.2 Å². The quantitative estimate of drug-likeness (QED) is 0.766. The third-order valence-corrected chi connectivity index (χ3v) is 2.87. The highest BCUT2D eigenvalue weighted by Crippen LogP contribution is 2.16. The number of rotatable bonds is 3. The van der Waals surface area contributed by atoms with E-state index in [2.05, 4.69) is 11.9 Å². The van der Waals surface area contributed by atoms with Crippen molar-refractivity contribution < 1.29 is 24.2 Å². The van der Waals surface area contributed by atoms with Crippen LogP contribution in [0.4, 0.5) is 9.59 Å². The molecule has 2 N–H and O–H groups in total. The normalized spacial score (nSPS) is 22.4. The number of amides is 2. The SMILES string of the molecule is C=CCOC(=O)N[C@@H]1CCN(C(=O)OC(C)(C)C)C[C@H]1O. The number of hydrogen-bond donors (Lipinski definition) is 2. The largest absolute Gasteiger partial charge is 0.445 e. The second-order valence-electron chi connectivity index (χ2n) is 5.92. The molecule has 7 nitrogen and oxygen atoms in total. The number of carbonyl (C=O) groups excluding carboxylic acids is 2. The minimum Gasteiger partial charge on any atom is -0.445 e. The van der Waals surface area contributed by atoms with E-state index in [-0.39, 0.29) is 13.2 Å². The first-order valence-corrected chi connectivity index (χ1v) is 6.93. The van der Waals surface area contributed by atoms with E-state index in [9.17, 15) is 14.7 Å². The Balaban J connectivity index is 2.45. The molecule has 0 bridgehead atoms. The summed E-state index contributed by atoms with van der Waals surface area (Å²) in [6, 6.07) is -0.444. The molecule has 0 spiro atoms. The van der Waals surface area contributed by atoms with Gasteiger partial charge in [0.25, 0.3) is 0 Å². The monoisotopic (exact) mass is 300 g/mol. The second-order valence-corrected chi connectivity index (χ2v) is 5.92. The van der Waals surface area contributed by atoms with Crippen molar-refractivity contribution in [3.63, 3.8) is 0 Å². The maximum absolute atomic E-state index is 11.9. The van der Waals surface area contributed by atoms with Crippen LogP contribution in [0, 0.1) is 0 Å². The highest BCUT2D eigenvalue weighted by Gasteiger charge is 2.33. The van der Waals surface area contributed by atoms with E-state index in [0.717, 1.165) is 0 Å². The highest BCUT2D eigenvalue weighted by atomic mass is 16.6. The molecular formula is C14H24N2O5. The van der Waals surface area contributed by atoms with Crippen LogP contribution in [0.3, 0.4) is 0 Å². The number of aliphatic hydroxyl groups is 1. The Morgan fingerprint density at radius 1 is 1.48 bits per heavy atom. The first-order chi connectivity index (χ1) is 9.73. The van der Waals surface area contributed by atoms with Gasteiger partial charge in [0.05, 0.1) is 18.7 Å². The van der Waals surface area contributed by atoms with E-state index in [1.807, 2.05) is 0 Å². The number of likely N-dealkylation sites (tertiary alicyclic amines) is 1. The van der Waals surface area contributed by atoms with Gasteiger partial charge in [0.1, 0.15) is 12.2 Å². The molecule has 7 heteroatoms. The van der Waals surface area contributed by atoms with Crippen molar-refractivity contribution in [2.24, 2.45) is 0 Å². The number of aliphatic hydroxyl groups excluding tert-OH is 1. The highest BCUT2D eigenvalue weighted by molar-refractivity contribution is 5.69. The van der Waals surface area contributed by atoms with Gasteiger partial charge in [-0.25, -0.2) is 9.59 Å². The molecule has 1 heterocycles. The number of ether oxygens (including phenoxy) is 2. The molecule has 1 fully saturated rings. The minimum atomic E-state index is -0.859. The molecule has 2 atom stereocenters. The van der Waals surface area contributed by atoms with Crippen molar-refractivity contribution in [2.75, 3.05) is 19.7 Å². The predicted molar refractivity (Wildman–Crippen MR) is 76.9 cm³/mol. The molecule has 0 saturated carbocycles. The van der Waals surface area contributed by atoms with Gasteiger partial charge in [0.2, 0.25) is 0 Å². The van der Waals surface area contributed by atoms with E-state index in [0.29, 0.717) is 13.0 Å². The lowest BCUT2D eigenvalue weighted by Crippen LogP contribution is -2.56. The Hall–Kier alpha value is -1.76. The number of carbonyl (C=O) groups is 2.